The molecule has 0 amide bonds. The molecule has 2 heteroatoms. The van der Waals surface area contributed by atoms with Crippen LogP contribution in [0.1, 0.15) is 46.5 Å². The van der Waals surface area contributed by atoms with Gasteiger partial charge in [0.1, 0.15) is 5.60 Å². The average Bonchev–Trinajstić information content (AvgIpc) is 2.17. The average molecular weight is 210 g/mol. The second-order valence-electron chi connectivity index (χ2n) is 5.16. The smallest absolute Gasteiger partial charge is 0.330 e. The van der Waals surface area contributed by atoms with Gasteiger partial charge in [0.05, 0.1) is 0 Å². The van der Waals surface area contributed by atoms with Gasteiger partial charge >= 0.3 is 5.97 Å². The molecule has 0 aliphatic heterocycles. The second-order valence-corrected chi connectivity index (χ2v) is 5.16. The monoisotopic (exact) mass is 210 g/mol. The highest BCUT2D eigenvalue weighted by Crippen LogP contribution is 2.37. The zero-order valence-corrected chi connectivity index (χ0v) is 10.1. The molecule has 1 saturated carbocycles. The van der Waals surface area contributed by atoms with Crippen molar-refractivity contribution >= 4 is 5.97 Å². The molecular formula is C13H22O2. The van der Waals surface area contributed by atoms with Gasteiger partial charge in [-0.1, -0.05) is 20.4 Å². The Hall–Kier alpha value is -0.790. The van der Waals surface area contributed by atoms with E-state index in [-0.39, 0.29) is 11.6 Å². The molecule has 0 N–H and O–H groups in total. The maximum absolute atomic E-state index is 11.2. The predicted molar refractivity (Wildman–Crippen MR) is 61.5 cm³/mol. The number of hydrogen-bond acceptors (Lipinski definition) is 2. The largest absolute Gasteiger partial charge is 0.456 e. The summed E-state index contributed by atoms with van der Waals surface area (Å²) in [6.45, 7) is 9.99. The first-order chi connectivity index (χ1) is 6.97. The second kappa shape index (κ2) is 4.82. The maximum atomic E-state index is 11.2. The molecule has 1 fully saturated rings. The van der Waals surface area contributed by atoms with Crippen molar-refractivity contribution in [1.82, 2.24) is 0 Å². The van der Waals surface area contributed by atoms with Gasteiger partial charge in [-0.15, -0.1) is 0 Å². The van der Waals surface area contributed by atoms with Crippen molar-refractivity contribution < 1.29 is 9.53 Å². The molecule has 0 unspecified atom stereocenters. The molecule has 0 radical (unpaired) electrons. The summed E-state index contributed by atoms with van der Waals surface area (Å²) in [5.41, 5.74) is -0.253. The predicted octanol–water partition coefficient (Wildman–Crippen LogP) is 3.32. The molecule has 86 valence electrons. The van der Waals surface area contributed by atoms with Crippen molar-refractivity contribution in [2.75, 3.05) is 0 Å². The normalized spacial score (nSPS) is 31.3. The quantitative estimate of drug-likeness (QED) is 0.527. The van der Waals surface area contributed by atoms with Crippen LogP contribution >= 0.6 is 0 Å². The third kappa shape index (κ3) is 3.37. The minimum Gasteiger partial charge on any atom is -0.456 e. The molecular weight excluding hydrogens is 188 g/mol. The van der Waals surface area contributed by atoms with E-state index in [1.807, 2.05) is 6.92 Å². The first-order valence-electron chi connectivity index (χ1n) is 5.82. The Bertz CT molecular complexity index is 235. The third-order valence-corrected chi connectivity index (χ3v) is 3.54. The lowest BCUT2D eigenvalue weighted by molar-refractivity contribution is -0.156. The molecule has 0 aromatic heterocycles. The van der Waals surface area contributed by atoms with E-state index in [0.29, 0.717) is 0 Å². The summed E-state index contributed by atoms with van der Waals surface area (Å²) in [5.74, 6) is 1.24. The van der Waals surface area contributed by atoms with E-state index in [4.69, 9.17) is 4.74 Å². The van der Waals surface area contributed by atoms with Crippen molar-refractivity contribution in [3.05, 3.63) is 12.7 Å². The zero-order valence-electron chi connectivity index (χ0n) is 10.1. The molecule has 1 aliphatic rings. The summed E-state index contributed by atoms with van der Waals surface area (Å²) in [4.78, 5) is 11.2. The molecule has 2 nitrogen and oxygen atoms in total. The Morgan fingerprint density at radius 1 is 1.47 bits per heavy atom. The van der Waals surface area contributed by atoms with Gasteiger partial charge in [-0.2, -0.15) is 0 Å². The Kier molecular flexibility index (Phi) is 3.95. The van der Waals surface area contributed by atoms with Gasteiger partial charge in [-0.3, -0.25) is 0 Å². The minimum atomic E-state index is -0.291. The molecule has 0 spiro atoms. The first kappa shape index (κ1) is 12.3. The van der Waals surface area contributed by atoms with Crippen molar-refractivity contribution in [1.29, 1.82) is 0 Å². The summed E-state index contributed by atoms with van der Waals surface area (Å²) < 4.78 is 5.40. The molecule has 0 atom stereocenters. The molecule has 0 heterocycles. The fraction of sp³-hybridized carbons (Fsp3) is 0.769. The number of rotatable bonds is 3. The zero-order chi connectivity index (χ0) is 11.5. The highest BCUT2D eigenvalue weighted by atomic mass is 16.6. The van der Waals surface area contributed by atoms with Crippen molar-refractivity contribution in [3.8, 4) is 0 Å². The molecule has 15 heavy (non-hydrogen) atoms. The Morgan fingerprint density at radius 3 is 2.40 bits per heavy atom. The molecule has 1 aliphatic carbocycles. The number of hydrogen-bond donors (Lipinski definition) is 0. The van der Waals surface area contributed by atoms with Crippen LogP contribution in [0.2, 0.25) is 0 Å². The van der Waals surface area contributed by atoms with Crippen molar-refractivity contribution in [2.45, 2.75) is 52.1 Å². The lowest BCUT2D eigenvalue weighted by Crippen LogP contribution is -2.36. The fourth-order valence-electron chi connectivity index (χ4n) is 2.30. The lowest BCUT2D eigenvalue weighted by atomic mass is 9.75. The number of carbonyl (C=O) groups excluding carboxylic acids is 1. The highest BCUT2D eigenvalue weighted by Gasteiger charge is 2.34. The molecule has 0 aromatic carbocycles. The van der Waals surface area contributed by atoms with E-state index in [9.17, 15) is 4.79 Å². The lowest BCUT2D eigenvalue weighted by Gasteiger charge is -2.37. The van der Waals surface area contributed by atoms with Crippen molar-refractivity contribution in [2.24, 2.45) is 11.8 Å². The van der Waals surface area contributed by atoms with E-state index < -0.39 is 0 Å². The first-order valence-corrected chi connectivity index (χ1v) is 5.82. The van der Waals surface area contributed by atoms with Gasteiger partial charge < -0.3 is 4.74 Å². The van der Waals surface area contributed by atoms with Gasteiger partial charge in [0, 0.05) is 6.08 Å². The summed E-state index contributed by atoms with van der Waals surface area (Å²) in [6, 6.07) is 0. The van der Waals surface area contributed by atoms with Gasteiger partial charge in [0.2, 0.25) is 0 Å². The van der Waals surface area contributed by atoms with Crippen molar-refractivity contribution in [3.63, 3.8) is 0 Å². The van der Waals surface area contributed by atoms with Gasteiger partial charge in [0.25, 0.3) is 0 Å². The Morgan fingerprint density at radius 2 is 2.00 bits per heavy atom. The van der Waals surface area contributed by atoms with Crippen LogP contribution in [0.15, 0.2) is 12.7 Å². The molecule has 1 rings (SSSR count). The highest BCUT2D eigenvalue weighted by molar-refractivity contribution is 5.81. The standard InChI is InChI=1S/C13H22O2/c1-5-12(14)15-13(4)8-6-11(7-9-13)10(2)3/h5,10-11H,1,6-9H2,2-4H3. The molecule has 0 saturated heterocycles. The van der Waals surface area contributed by atoms with Gasteiger partial charge in [-0.25, -0.2) is 4.79 Å². The van der Waals surface area contributed by atoms with Crippen LogP contribution in [0.5, 0.6) is 0 Å². The van der Waals surface area contributed by atoms with E-state index >= 15 is 0 Å². The fourth-order valence-corrected chi connectivity index (χ4v) is 2.30. The number of ether oxygens (including phenoxy) is 1. The van der Waals surface area contributed by atoms with E-state index in [0.717, 1.165) is 24.7 Å². The van der Waals surface area contributed by atoms with Crippen LogP contribution in [0.3, 0.4) is 0 Å². The summed E-state index contributed by atoms with van der Waals surface area (Å²) >= 11 is 0. The Labute approximate surface area is 92.7 Å². The maximum Gasteiger partial charge on any atom is 0.330 e. The van der Waals surface area contributed by atoms with E-state index in [1.165, 1.54) is 18.9 Å². The van der Waals surface area contributed by atoms with Gasteiger partial charge in [-0.05, 0) is 44.4 Å². The number of carbonyl (C=O) groups is 1. The topological polar surface area (TPSA) is 26.3 Å². The summed E-state index contributed by atoms with van der Waals surface area (Å²) in [7, 11) is 0. The van der Waals surface area contributed by atoms with E-state index in [1.54, 1.807) is 0 Å². The van der Waals surface area contributed by atoms with Crippen LogP contribution < -0.4 is 0 Å². The third-order valence-electron chi connectivity index (χ3n) is 3.54. The van der Waals surface area contributed by atoms with Crippen LogP contribution in [-0.2, 0) is 9.53 Å². The van der Waals surface area contributed by atoms with Crippen LogP contribution in [0, 0.1) is 11.8 Å². The van der Waals surface area contributed by atoms with Crippen LogP contribution in [0.4, 0.5) is 0 Å². The van der Waals surface area contributed by atoms with Crippen LogP contribution in [-0.4, -0.2) is 11.6 Å². The van der Waals surface area contributed by atoms with Gasteiger partial charge in [0.15, 0.2) is 0 Å². The molecule has 0 aromatic rings. The SMILES string of the molecule is C=CC(=O)OC1(C)CCC(C(C)C)CC1. The molecule has 0 bridgehead atoms. The van der Waals surface area contributed by atoms with E-state index in [2.05, 4.69) is 20.4 Å². The minimum absolute atomic E-state index is 0.253. The number of esters is 1. The summed E-state index contributed by atoms with van der Waals surface area (Å²) in [6.07, 6.45) is 5.54. The summed E-state index contributed by atoms with van der Waals surface area (Å²) in [5, 5.41) is 0. The van der Waals surface area contributed by atoms with Crippen LogP contribution in [0.25, 0.3) is 0 Å². The Balaban J connectivity index is 2.47.